The van der Waals surface area contributed by atoms with E-state index in [2.05, 4.69) is 10.1 Å². The van der Waals surface area contributed by atoms with E-state index in [1.807, 2.05) is 0 Å². The van der Waals surface area contributed by atoms with Gasteiger partial charge in [-0.2, -0.15) is 0 Å². The Balaban J connectivity index is 3.56. The standard InChI is InChI=1S/C6H13NO6Si/c1-13-6(9)5(8)7-3-2-4-14(10,11)12/h10-12H,2-4H2,1H3,(H,7,8). The van der Waals surface area contributed by atoms with Gasteiger partial charge < -0.3 is 24.4 Å². The Kier molecular flexibility index (Phi) is 5.31. The van der Waals surface area contributed by atoms with Crippen molar-refractivity contribution < 1.29 is 28.7 Å². The average Bonchev–Trinajstić information content (AvgIpc) is 2.09. The summed E-state index contributed by atoms with van der Waals surface area (Å²) in [5.74, 6) is -1.90. The van der Waals surface area contributed by atoms with E-state index in [0.29, 0.717) is 0 Å². The first-order valence-electron chi connectivity index (χ1n) is 3.90. The van der Waals surface area contributed by atoms with E-state index in [1.54, 1.807) is 0 Å². The van der Waals surface area contributed by atoms with Gasteiger partial charge >= 0.3 is 20.7 Å². The molecule has 1 amide bonds. The van der Waals surface area contributed by atoms with Crippen LogP contribution in [0.3, 0.4) is 0 Å². The highest BCUT2D eigenvalue weighted by Crippen LogP contribution is 1.99. The highest BCUT2D eigenvalue weighted by Gasteiger charge is 2.25. The molecule has 0 fully saturated rings. The normalized spacial score (nSPS) is 10.9. The Bertz CT molecular complexity index is 213. The van der Waals surface area contributed by atoms with Crippen LogP contribution < -0.4 is 5.32 Å². The number of hydrogen-bond donors (Lipinski definition) is 4. The van der Waals surface area contributed by atoms with Gasteiger partial charge in [-0.1, -0.05) is 0 Å². The first kappa shape index (κ1) is 13.0. The molecule has 7 nitrogen and oxygen atoms in total. The summed E-state index contributed by atoms with van der Waals surface area (Å²) in [5, 5.41) is 2.18. The second-order valence-electron chi connectivity index (χ2n) is 2.63. The van der Waals surface area contributed by atoms with Gasteiger partial charge in [0.1, 0.15) is 0 Å². The summed E-state index contributed by atoms with van der Waals surface area (Å²) < 4.78 is 4.12. The molecule has 0 rings (SSSR count). The molecule has 0 aromatic carbocycles. The largest absolute Gasteiger partial charge is 0.492 e. The van der Waals surface area contributed by atoms with Crippen molar-refractivity contribution in [2.75, 3.05) is 13.7 Å². The molecule has 0 atom stereocenters. The second kappa shape index (κ2) is 5.70. The van der Waals surface area contributed by atoms with Crippen molar-refractivity contribution in [3.63, 3.8) is 0 Å². The molecule has 0 bridgehead atoms. The van der Waals surface area contributed by atoms with Crippen LogP contribution in [0.25, 0.3) is 0 Å². The second-order valence-corrected chi connectivity index (χ2v) is 4.67. The van der Waals surface area contributed by atoms with Crippen molar-refractivity contribution in [3.8, 4) is 0 Å². The van der Waals surface area contributed by atoms with Crippen molar-refractivity contribution in [2.45, 2.75) is 12.5 Å². The van der Waals surface area contributed by atoms with Crippen LogP contribution in [-0.4, -0.2) is 48.7 Å². The smallest absolute Gasteiger partial charge is 0.462 e. The summed E-state index contributed by atoms with van der Waals surface area (Å²) in [7, 11) is -2.95. The van der Waals surface area contributed by atoms with Crippen molar-refractivity contribution in [1.82, 2.24) is 5.32 Å². The third kappa shape index (κ3) is 6.54. The minimum Gasteiger partial charge on any atom is -0.462 e. The van der Waals surface area contributed by atoms with Crippen LogP contribution in [0.2, 0.25) is 6.04 Å². The third-order valence-corrected chi connectivity index (χ3v) is 2.37. The van der Waals surface area contributed by atoms with E-state index >= 15 is 0 Å². The SMILES string of the molecule is COC(=O)C(=O)NCCC[Si](O)(O)O. The van der Waals surface area contributed by atoms with Crippen LogP contribution in [0.5, 0.6) is 0 Å². The van der Waals surface area contributed by atoms with E-state index in [0.717, 1.165) is 7.11 Å². The number of esters is 1. The van der Waals surface area contributed by atoms with Crippen molar-refractivity contribution >= 4 is 20.7 Å². The van der Waals surface area contributed by atoms with Crippen LogP contribution in [-0.2, 0) is 14.3 Å². The van der Waals surface area contributed by atoms with E-state index in [9.17, 15) is 9.59 Å². The van der Waals surface area contributed by atoms with E-state index < -0.39 is 20.7 Å². The van der Waals surface area contributed by atoms with Gasteiger partial charge in [-0.25, -0.2) is 4.79 Å². The Labute approximate surface area is 81.7 Å². The molecule has 0 aliphatic carbocycles. The maximum Gasteiger partial charge on any atom is 0.492 e. The summed E-state index contributed by atoms with van der Waals surface area (Å²) in [6, 6.07) is -0.186. The number of ether oxygens (including phenoxy) is 1. The zero-order chi connectivity index (χ0) is 11.2. The Morgan fingerprint density at radius 1 is 1.36 bits per heavy atom. The summed E-state index contributed by atoms with van der Waals surface area (Å²) in [6.45, 7) is 0.0738. The van der Waals surface area contributed by atoms with Crippen molar-refractivity contribution in [2.24, 2.45) is 0 Å². The molecular weight excluding hydrogens is 210 g/mol. The summed E-state index contributed by atoms with van der Waals surface area (Å²) in [4.78, 5) is 47.0. The first-order chi connectivity index (χ1) is 6.37. The first-order valence-corrected chi connectivity index (χ1v) is 5.95. The summed E-state index contributed by atoms with van der Waals surface area (Å²) >= 11 is 0. The molecule has 0 saturated carbocycles. The fourth-order valence-corrected chi connectivity index (χ4v) is 1.34. The van der Waals surface area contributed by atoms with E-state index in [4.69, 9.17) is 14.4 Å². The number of amides is 1. The number of rotatable bonds is 4. The zero-order valence-electron chi connectivity index (χ0n) is 7.69. The maximum absolute atomic E-state index is 10.7. The van der Waals surface area contributed by atoms with Gasteiger partial charge in [0.25, 0.3) is 0 Å². The van der Waals surface area contributed by atoms with Gasteiger partial charge in [0.15, 0.2) is 0 Å². The molecule has 4 N–H and O–H groups in total. The van der Waals surface area contributed by atoms with Crippen LogP contribution in [0, 0.1) is 0 Å². The lowest BCUT2D eigenvalue weighted by atomic mass is 10.4. The van der Waals surface area contributed by atoms with Gasteiger partial charge in [-0.3, -0.25) is 4.79 Å². The Hall–Kier alpha value is -0.963. The molecule has 82 valence electrons. The fraction of sp³-hybridized carbons (Fsp3) is 0.667. The molecule has 0 radical (unpaired) electrons. The molecule has 0 aromatic rings. The van der Waals surface area contributed by atoms with Gasteiger partial charge in [-0.15, -0.1) is 0 Å². The molecule has 0 aliphatic heterocycles. The fourth-order valence-electron chi connectivity index (χ4n) is 0.692. The Morgan fingerprint density at radius 2 is 1.93 bits per heavy atom. The average molecular weight is 223 g/mol. The predicted octanol–water partition coefficient (Wildman–Crippen LogP) is -2.42. The highest BCUT2D eigenvalue weighted by molar-refractivity contribution is 6.56. The van der Waals surface area contributed by atoms with Crippen LogP contribution in [0.1, 0.15) is 6.42 Å². The molecular formula is C6H13NO6Si. The number of methoxy groups -OCH3 is 1. The minimum atomic E-state index is -4.03. The summed E-state index contributed by atoms with van der Waals surface area (Å²) in [5.41, 5.74) is 0. The minimum absolute atomic E-state index is 0.0738. The van der Waals surface area contributed by atoms with Gasteiger partial charge in [-0.05, 0) is 6.42 Å². The third-order valence-electron chi connectivity index (χ3n) is 1.35. The lowest BCUT2D eigenvalue weighted by molar-refractivity contribution is -0.152. The van der Waals surface area contributed by atoms with Crippen LogP contribution in [0.15, 0.2) is 0 Å². The molecule has 0 aliphatic rings. The lowest BCUT2D eigenvalue weighted by Crippen LogP contribution is -2.37. The van der Waals surface area contributed by atoms with E-state index in [1.165, 1.54) is 0 Å². The van der Waals surface area contributed by atoms with Gasteiger partial charge in [0.05, 0.1) is 7.11 Å². The highest BCUT2D eigenvalue weighted by atomic mass is 28.4. The monoisotopic (exact) mass is 223 g/mol. The van der Waals surface area contributed by atoms with E-state index in [-0.39, 0.29) is 19.0 Å². The van der Waals surface area contributed by atoms with Crippen molar-refractivity contribution in [3.05, 3.63) is 0 Å². The van der Waals surface area contributed by atoms with Gasteiger partial charge in [0, 0.05) is 12.6 Å². The van der Waals surface area contributed by atoms with Gasteiger partial charge in [0.2, 0.25) is 0 Å². The molecule has 0 unspecified atom stereocenters. The van der Waals surface area contributed by atoms with Crippen molar-refractivity contribution in [1.29, 1.82) is 0 Å². The lowest BCUT2D eigenvalue weighted by Gasteiger charge is -2.08. The molecule has 0 spiro atoms. The summed E-state index contributed by atoms with van der Waals surface area (Å²) in [6.07, 6.45) is 0.179. The maximum atomic E-state index is 10.7. The number of carbonyl (C=O) groups is 2. The molecule has 0 heterocycles. The topological polar surface area (TPSA) is 116 Å². The molecule has 14 heavy (non-hydrogen) atoms. The number of carbonyl (C=O) groups excluding carboxylic acids is 2. The van der Waals surface area contributed by atoms with Crippen LogP contribution in [0.4, 0.5) is 0 Å². The number of nitrogens with one attached hydrogen (secondary N) is 1. The number of hydrogen-bond acceptors (Lipinski definition) is 6. The predicted molar refractivity (Wildman–Crippen MR) is 46.9 cm³/mol. The van der Waals surface area contributed by atoms with Crippen LogP contribution >= 0.6 is 0 Å². The molecule has 8 heteroatoms. The zero-order valence-corrected chi connectivity index (χ0v) is 8.69. The quantitative estimate of drug-likeness (QED) is 0.182. The molecule has 0 saturated heterocycles. The molecule has 0 aromatic heterocycles. The Morgan fingerprint density at radius 3 is 2.36 bits per heavy atom.